The molecule has 8 nitrogen and oxygen atoms in total. The molecule has 0 aliphatic carbocycles. The maximum Gasteiger partial charge on any atom is 0.227 e. The fourth-order valence-corrected chi connectivity index (χ4v) is 4.95. The van der Waals surface area contributed by atoms with Crippen LogP contribution in [-0.2, 0) is 22.5 Å². The second-order valence-corrected chi connectivity index (χ2v) is 9.25. The zero-order valence-corrected chi connectivity index (χ0v) is 19.3. The van der Waals surface area contributed by atoms with E-state index in [1.807, 2.05) is 42.6 Å². The molecule has 0 spiro atoms. The highest BCUT2D eigenvalue weighted by Crippen LogP contribution is 2.33. The Balaban J connectivity index is 1.36. The minimum atomic E-state index is -2.29. The summed E-state index contributed by atoms with van der Waals surface area (Å²) in [4.78, 5) is 11.6. The smallest absolute Gasteiger partial charge is 0.227 e. The van der Waals surface area contributed by atoms with Crippen LogP contribution in [0.4, 0.5) is 17.3 Å². The zero-order chi connectivity index (χ0) is 22.6. The minimum Gasteiger partial charge on any atom is -0.760 e. The van der Waals surface area contributed by atoms with E-state index >= 15 is 0 Å². The number of ether oxygens (including phenoxy) is 1. The van der Waals surface area contributed by atoms with E-state index in [-0.39, 0.29) is 6.54 Å². The molecule has 1 saturated heterocycles. The number of hydrogen-bond acceptors (Lipinski definition) is 8. The van der Waals surface area contributed by atoms with E-state index < -0.39 is 11.3 Å². The molecule has 1 aliphatic heterocycles. The predicted octanol–water partition coefficient (Wildman–Crippen LogP) is 3.82. The summed E-state index contributed by atoms with van der Waals surface area (Å²) in [6.45, 7) is 3.57. The van der Waals surface area contributed by atoms with Gasteiger partial charge >= 0.3 is 0 Å². The highest BCUT2D eigenvalue weighted by molar-refractivity contribution is 7.77. The Hall–Kier alpha value is -2.89. The maximum absolute atomic E-state index is 10.8. The molecular weight excluding hydrogens is 458 g/mol. The molecule has 0 saturated carbocycles. The lowest BCUT2D eigenvalue weighted by atomic mass is 10.0. The van der Waals surface area contributed by atoms with Crippen LogP contribution in [0, 0.1) is 0 Å². The molecule has 1 unspecified atom stereocenters. The Morgan fingerprint density at radius 2 is 1.97 bits per heavy atom. The summed E-state index contributed by atoms with van der Waals surface area (Å²) in [7, 11) is 0. The van der Waals surface area contributed by atoms with E-state index in [1.54, 1.807) is 11.3 Å². The van der Waals surface area contributed by atoms with Crippen LogP contribution in [0.2, 0.25) is 0 Å². The number of benzene rings is 2. The van der Waals surface area contributed by atoms with Gasteiger partial charge in [-0.05, 0) is 41.5 Å². The van der Waals surface area contributed by atoms with E-state index in [2.05, 4.69) is 37.4 Å². The van der Waals surface area contributed by atoms with E-state index in [4.69, 9.17) is 9.72 Å². The van der Waals surface area contributed by atoms with E-state index in [1.165, 1.54) is 5.69 Å². The van der Waals surface area contributed by atoms with Gasteiger partial charge in [-0.2, -0.15) is 0 Å². The predicted molar refractivity (Wildman–Crippen MR) is 131 cm³/mol. The summed E-state index contributed by atoms with van der Waals surface area (Å²) in [5.74, 6) is 0.529. The topological polar surface area (TPSA) is 102 Å². The first-order valence-electron chi connectivity index (χ1n) is 10.5. The average molecular weight is 481 g/mol. The molecule has 33 heavy (non-hydrogen) atoms. The number of rotatable bonds is 7. The summed E-state index contributed by atoms with van der Waals surface area (Å²) in [5.41, 5.74) is 5.81. The standard InChI is InChI=1S/C23H23N5O3S2/c29-33(30)25-13-16-2-1-3-17(12-16)20-15-32-21-14-24-23(27-22(20)21)26-18-4-6-19(7-5-18)28-8-10-31-11-9-28/h1-7,12,14-15,25H,8-11,13H2,(H,29,30)(H,24,26,27)/p-1. The third kappa shape index (κ3) is 5.21. The second kappa shape index (κ2) is 9.94. The molecule has 1 atom stereocenters. The van der Waals surface area contributed by atoms with Crippen molar-refractivity contribution in [1.82, 2.24) is 14.7 Å². The van der Waals surface area contributed by atoms with Crippen LogP contribution in [0.3, 0.4) is 0 Å². The Kier molecular flexibility index (Phi) is 6.60. The van der Waals surface area contributed by atoms with Crippen molar-refractivity contribution in [2.45, 2.75) is 6.54 Å². The largest absolute Gasteiger partial charge is 0.760 e. The quantitative estimate of drug-likeness (QED) is 0.388. The number of hydrogen-bond donors (Lipinski definition) is 2. The lowest BCUT2D eigenvalue weighted by molar-refractivity contribution is 0.122. The molecule has 0 bridgehead atoms. The monoisotopic (exact) mass is 480 g/mol. The Bertz CT molecular complexity index is 1270. The van der Waals surface area contributed by atoms with Crippen molar-refractivity contribution < 1.29 is 13.5 Å². The molecule has 170 valence electrons. The summed E-state index contributed by atoms with van der Waals surface area (Å²) < 4.78 is 30.4. The molecule has 0 amide bonds. The molecule has 5 rings (SSSR count). The Morgan fingerprint density at radius 1 is 1.15 bits per heavy atom. The first kappa shape index (κ1) is 21.9. The van der Waals surface area contributed by atoms with Gasteiger partial charge in [-0.25, -0.2) is 14.7 Å². The fourth-order valence-electron chi connectivity index (χ4n) is 3.79. The van der Waals surface area contributed by atoms with Crippen molar-refractivity contribution in [3.8, 4) is 11.1 Å². The molecule has 1 fully saturated rings. The molecule has 2 N–H and O–H groups in total. The zero-order valence-electron chi connectivity index (χ0n) is 17.7. The summed E-state index contributed by atoms with van der Waals surface area (Å²) in [5, 5.41) is 5.35. The summed E-state index contributed by atoms with van der Waals surface area (Å²) in [6, 6.07) is 16.0. The van der Waals surface area contributed by atoms with Crippen LogP contribution in [0.1, 0.15) is 5.56 Å². The number of anilines is 3. The lowest BCUT2D eigenvalue weighted by Gasteiger charge is -2.28. The van der Waals surface area contributed by atoms with Gasteiger partial charge in [-0.1, -0.05) is 18.2 Å². The van der Waals surface area contributed by atoms with Crippen LogP contribution >= 0.6 is 11.3 Å². The van der Waals surface area contributed by atoms with Gasteiger partial charge in [0.1, 0.15) is 0 Å². The number of morpholine rings is 1. The van der Waals surface area contributed by atoms with Crippen LogP contribution in [-0.4, -0.2) is 45.0 Å². The summed E-state index contributed by atoms with van der Waals surface area (Å²) in [6.07, 6.45) is 1.83. The molecule has 1 aliphatic rings. The van der Waals surface area contributed by atoms with Crippen molar-refractivity contribution in [1.29, 1.82) is 0 Å². The SMILES string of the molecule is O=S([O-])NCc1cccc(-c2csc3cnc(Nc4ccc(N5CCOCC5)cc4)nc23)c1. The maximum atomic E-state index is 10.8. The van der Waals surface area contributed by atoms with Crippen molar-refractivity contribution >= 4 is 50.1 Å². The van der Waals surface area contributed by atoms with Crippen LogP contribution < -0.4 is 14.9 Å². The van der Waals surface area contributed by atoms with Crippen molar-refractivity contribution in [2.24, 2.45) is 0 Å². The highest BCUT2D eigenvalue weighted by Gasteiger charge is 2.12. The first-order chi connectivity index (χ1) is 16.2. The van der Waals surface area contributed by atoms with Crippen LogP contribution in [0.5, 0.6) is 0 Å². The van der Waals surface area contributed by atoms with Crippen molar-refractivity contribution in [3.05, 3.63) is 65.7 Å². The molecule has 10 heteroatoms. The normalized spacial score (nSPS) is 15.0. The number of fused-ring (bicyclic) bond motifs is 1. The van der Waals surface area contributed by atoms with Gasteiger partial charge in [-0.15, -0.1) is 11.3 Å². The van der Waals surface area contributed by atoms with E-state index in [0.717, 1.165) is 58.9 Å². The molecular formula is C23H22N5O3S2-. The fraction of sp³-hybridized carbons (Fsp3) is 0.217. The first-order valence-corrected chi connectivity index (χ1v) is 12.5. The third-order valence-electron chi connectivity index (χ3n) is 5.45. The number of aromatic nitrogens is 2. The number of thiophene rings is 1. The van der Waals surface area contributed by atoms with Gasteiger partial charge < -0.3 is 19.5 Å². The lowest BCUT2D eigenvalue weighted by Crippen LogP contribution is -2.36. The van der Waals surface area contributed by atoms with Crippen molar-refractivity contribution in [2.75, 3.05) is 36.5 Å². The van der Waals surface area contributed by atoms with Crippen LogP contribution in [0.25, 0.3) is 21.3 Å². The molecule has 2 aromatic carbocycles. The van der Waals surface area contributed by atoms with Crippen LogP contribution in [0.15, 0.2) is 60.1 Å². The van der Waals surface area contributed by atoms with E-state index in [0.29, 0.717) is 5.95 Å². The average Bonchev–Trinajstić information content (AvgIpc) is 3.27. The molecule has 0 radical (unpaired) electrons. The number of nitrogens with one attached hydrogen (secondary N) is 2. The molecule has 4 aromatic rings. The van der Waals surface area contributed by atoms with E-state index in [9.17, 15) is 8.76 Å². The summed E-state index contributed by atoms with van der Waals surface area (Å²) >= 11 is -0.710. The van der Waals surface area contributed by atoms with Gasteiger partial charge in [0.15, 0.2) is 0 Å². The third-order valence-corrected chi connectivity index (χ3v) is 6.73. The number of nitrogens with zero attached hydrogens (tertiary/aromatic N) is 3. The van der Waals surface area contributed by atoms with Gasteiger partial charge in [0.25, 0.3) is 0 Å². The van der Waals surface area contributed by atoms with Gasteiger partial charge in [0, 0.05) is 53.2 Å². The molecule has 2 aromatic heterocycles. The van der Waals surface area contributed by atoms with Gasteiger partial charge in [0.05, 0.1) is 29.6 Å². The van der Waals surface area contributed by atoms with Gasteiger partial charge in [0.2, 0.25) is 5.95 Å². The minimum absolute atomic E-state index is 0.244. The Morgan fingerprint density at radius 3 is 2.76 bits per heavy atom. The van der Waals surface area contributed by atoms with Gasteiger partial charge in [-0.3, -0.25) is 4.21 Å². The second-order valence-electron chi connectivity index (χ2n) is 7.58. The molecule has 3 heterocycles. The Labute approximate surface area is 198 Å². The highest BCUT2D eigenvalue weighted by atomic mass is 32.2. The van der Waals surface area contributed by atoms with Crippen molar-refractivity contribution in [3.63, 3.8) is 0 Å².